The molecule has 0 heterocycles. The number of hydrogen-bond donors (Lipinski definition) is 1. The van der Waals surface area contributed by atoms with Gasteiger partial charge in [0.25, 0.3) is 5.17 Å². The van der Waals surface area contributed by atoms with Gasteiger partial charge >= 0.3 is 0 Å². The Morgan fingerprint density at radius 2 is 2.07 bits per heavy atom. The van der Waals surface area contributed by atoms with Crippen LogP contribution in [0.3, 0.4) is 0 Å². The first-order valence-corrected chi connectivity index (χ1v) is 5.89. The summed E-state index contributed by atoms with van der Waals surface area (Å²) in [7, 11) is 0. The molecule has 0 aromatic rings. The lowest BCUT2D eigenvalue weighted by molar-refractivity contribution is 0.0242. The fourth-order valence-electron chi connectivity index (χ4n) is 2.77. The summed E-state index contributed by atoms with van der Waals surface area (Å²) in [4.78, 5) is 0. The molecule has 0 bridgehead atoms. The smallest absolute Gasteiger partial charge is 0.254 e. The lowest BCUT2D eigenvalue weighted by atomic mass is 9.72. The van der Waals surface area contributed by atoms with Crippen LogP contribution in [0, 0.1) is 17.8 Å². The minimum atomic E-state index is 0.203. The summed E-state index contributed by atoms with van der Waals surface area (Å²) in [5.74, 6) is 1.97. The van der Waals surface area contributed by atoms with Gasteiger partial charge in [0.2, 0.25) is 0 Å². The normalized spacial score (nSPS) is 33.0. The molecular weight excluding hydrogens is 194 g/mol. The third-order valence-electron chi connectivity index (χ3n) is 3.27. The molecule has 3 heteroatoms. The van der Waals surface area contributed by atoms with Crippen LogP contribution in [0.25, 0.3) is 0 Å². The standard InChI is InChI=1S/C11H21NOS/c1-7(2)10-8(3)5-4-6-9(10)13-11(12)14/h7-10H,4-6H2,1-3H3,(H2,12,14). The van der Waals surface area contributed by atoms with Crippen molar-refractivity contribution in [3.8, 4) is 0 Å². The van der Waals surface area contributed by atoms with Crippen LogP contribution in [-0.2, 0) is 4.74 Å². The number of nitrogens with two attached hydrogens (primary N) is 1. The van der Waals surface area contributed by atoms with E-state index in [0.717, 1.165) is 12.3 Å². The van der Waals surface area contributed by atoms with Gasteiger partial charge in [-0.05, 0) is 36.9 Å². The van der Waals surface area contributed by atoms with Gasteiger partial charge in [-0.3, -0.25) is 0 Å². The van der Waals surface area contributed by atoms with Gasteiger partial charge in [-0.25, -0.2) is 0 Å². The monoisotopic (exact) mass is 215 g/mol. The second-order valence-corrected chi connectivity index (χ2v) is 5.11. The second kappa shape index (κ2) is 4.96. The molecule has 3 unspecified atom stereocenters. The van der Waals surface area contributed by atoms with E-state index in [0.29, 0.717) is 11.8 Å². The molecule has 2 N–H and O–H groups in total. The molecule has 2 nitrogen and oxygen atoms in total. The van der Waals surface area contributed by atoms with Gasteiger partial charge in [0.1, 0.15) is 6.10 Å². The van der Waals surface area contributed by atoms with E-state index in [4.69, 9.17) is 22.7 Å². The Hall–Kier alpha value is -0.310. The van der Waals surface area contributed by atoms with E-state index < -0.39 is 0 Å². The summed E-state index contributed by atoms with van der Waals surface area (Å²) in [6.45, 7) is 6.81. The molecule has 1 aliphatic carbocycles. The molecule has 14 heavy (non-hydrogen) atoms. The maximum absolute atomic E-state index is 5.54. The maximum atomic E-state index is 5.54. The van der Waals surface area contributed by atoms with E-state index in [-0.39, 0.29) is 11.3 Å². The second-order valence-electron chi connectivity index (χ2n) is 4.70. The van der Waals surface area contributed by atoms with E-state index in [1.54, 1.807) is 0 Å². The first kappa shape index (κ1) is 11.8. The van der Waals surface area contributed by atoms with Gasteiger partial charge in [0.15, 0.2) is 0 Å². The lowest BCUT2D eigenvalue weighted by Gasteiger charge is -2.38. The molecule has 0 radical (unpaired) electrons. The molecule has 0 aromatic heterocycles. The van der Waals surface area contributed by atoms with Crippen molar-refractivity contribution in [1.29, 1.82) is 0 Å². The number of thiocarbonyl (C=S) groups is 1. The summed E-state index contributed by atoms with van der Waals surface area (Å²) in [5, 5.41) is 0.203. The van der Waals surface area contributed by atoms with E-state index in [1.807, 2.05) is 0 Å². The fourth-order valence-corrected chi connectivity index (χ4v) is 2.89. The van der Waals surface area contributed by atoms with Crippen LogP contribution in [0.2, 0.25) is 0 Å². The quantitative estimate of drug-likeness (QED) is 0.719. The van der Waals surface area contributed by atoms with Crippen LogP contribution in [0.4, 0.5) is 0 Å². The van der Waals surface area contributed by atoms with Crippen molar-refractivity contribution in [2.24, 2.45) is 23.5 Å². The van der Waals surface area contributed by atoms with Crippen LogP contribution < -0.4 is 5.73 Å². The highest BCUT2D eigenvalue weighted by Crippen LogP contribution is 2.36. The minimum absolute atomic E-state index is 0.203. The summed E-state index contributed by atoms with van der Waals surface area (Å²) in [6.07, 6.45) is 3.89. The van der Waals surface area contributed by atoms with Crippen molar-refractivity contribution in [2.45, 2.75) is 46.1 Å². The van der Waals surface area contributed by atoms with Crippen molar-refractivity contribution >= 4 is 17.4 Å². The van der Waals surface area contributed by atoms with Gasteiger partial charge in [0, 0.05) is 5.92 Å². The predicted molar refractivity (Wildman–Crippen MR) is 63.0 cm³/mol. The number of rotatable bonds is 2. The first-order chi connectivity index (χ1) is 6.52. The van der Waals surface area contributed by atoms with Gasteiger partial charge in [0.05, 0.1) is 0 Å². The Labute approximate surface area is 92.2 Å². The molecule has 0 aliphatic heterocycles. The Bertz CT molecular complexity index is 205. The fraction of sp³-hybridized carbons (Fsp3) is 0.909. The first-order valence-electron chi connectivity index (χ1n) is 5.48. The van der Waals surface area contributed by atoms with Gasteiger partial charge in [-0.15, -0.1) is 0 Å². The third kappa shape index (κ3) is 2.84. The average Bonchev–Trinajstić information content (AvgIpc) is 2.01. The van der Waals surface area contributed by atoms with Crippen molar-refractivity contribution in [3.05, 3.63) is 0 Å². The van der Waals surface area contributed by atoms with Crippen molar-refractivity contribution in [3.63, 3.8) is 0 Å². The topological polar surface area (TPSA) is 35.2 Å². The molecule has 0 amide bonds. The van der Waals surface area contributed by atoms with E-state index in [2.05, 4.69) is 20.8 Å². The molecule has 0 saturated heterocycles. The highest BCUT2D eigenvalue weighted by Gasteiger charge is 2.34. The van der Waals surface area contributed by atoms with Crippen LogP contribution in [0.15, 0.2) is 0 Å². The highest BCUT2D eigenvalue weighted by molar-refractivity contribution is 7.80. The number of ether oxygens (including phenoxy) is 1. The van der Waals surface area contributed by atoms with Crippen molar-refractivity contribution < 1.29 is 4.74 Å². The third-order valence-corrected chi connectivity index (χ3v) is 3.37. The molecular formula is C11H21NOS. The molecule has 1 rings (SSSR count). The molecule has 1 aliphatic rings. The van der Waals surface area contributed by atoms with Crippen LogP contribution in [0.1, 0.15) is 40.0 Å². The van der Waals surface area contributed by atoms with Crippen molar-refractivity contribution in [2.75, 3.05) is 0 Å². The molecule has 3 atom stereocenters. The zero-order chi connectivity index (χ0) is 10.7. The van der Waals surface area contributed by atoms with Crippen LogP contribution >= 0.6 is 12.2 Å². The Morgan fingerprint density at radius 1 is 1.43 bits per heavy atom. The van der Waals surface area contributed by atoms with Crippen LogP contribution in [-0.4, -0.2) is 11.3 Å². The van der Waals surface area contributed by atoms with Gasteiger partial charge in [-0.2, -0.15) is 0 Å². The largest absolute Gasteiger partial charge is 0.468 e. The van der Waals surface area contributed by atoms with E-state index in [9.17, 15) is 0 Å². The molecule has 1 fully saturated rings. The van der Waals surface area contributed by atoms with Gasteiger partial charge < -0.3 is 10.5 Å². The average molecular weight is 215 g/mol. The SMILES string of the molecule is CC(C)C1C(C)CCCC1OC(N)=S. The summed E-state index contributed by atoms with van der Waals surface area (Å²) >= 11 is 4.81. The molecule has 1 saturated carbocycles. The van der Waals surface area contributed by atoms with Crippen molar-refractivity contribution in [1.82, 2.24) is 0 Å². The Morgan fingerprint density at radius 3 is 2.57 bits per heavy atom. The lowest BCUT2D eigenvalue weighted by Crippen LogP contribution is -2.39. The molecule has 0 aromatic carbocycles. The van der Waals surface area contributed by atoms with E-state index in [1.165, 1.54) is 12.8 Å². The minimum Gasteiger partial charge on any atom is -0.468 e. The zero-order valence-corrected chi connectivity index (χ0v) is 10.1. The number of hydrogen-bond acceptors (Lipinski definition) is 2. The summed E-state index contributed by atoms with van der Waals surface area (Å²) in [6, 6.07) is 0. The molecule has 0 spiro atoms. The summed E-state index contributed by atoms with van der Waals surface area (Å²) in [5.41, 5.74) is 5.44. The zero-order valence-electron chi connectivity index (χ0n) is 9.32. The maximum Gasteiger partial charge on any atom is 0.254 e. The Balaban J connectivity index is 2.64. The van der Waals surface area contributed by atoms with E-state index >= 15 is 0 Å². The van der Waals surface area contributed by atoms with Crippen LogP contribution in [0.5, 0.6) is 0 Å². The van der Waals surface area contributed by atoms with Gasteiger partial charge in [-0.1, -0.05) is 27.2 Å². The predicted octanol–water partition coefficient (Wildman–Crippen LogP) is 2.71. The highest BCUT2D eigenvalue weighted by atomic mass is 32.1. The Kier molecular flexibility index (Phi) is 4.17. The molecule has 82 valence electrons. The summed E-state index contributed by atoms with van der Waals surface area (Å²) < 4.78 is 5.54.